The Morgan fingerprint density at radius 3 is 1.92 bits per heavy atom. The van der Waals surface area contributed by atoms with Crippen LogP contribution in [0.5, 0.6) is 0 Å². The fourth-order valence-corrected chi connectivity index (χ4v) is 14.0. The van der Waals surface area contributed by atoms with Crippen LogP contribution in [0.1, 0.15) is 168 Å². The van der Waals surface area contributed by atoms with E-state index >= 15 is 24.0 Å². The first-order chi connectivity index (χ1) is 44.8. The number of Topliss-reactive ketones (excluding diaryl/α,β-unsaturated/α-hetero) is 1. The smallest absolute Gasteiger partial charge is 0.272 e. The van der Waals surface area contributed by atoms with Crippen molar-refractivity contribution in [3.63, 3.8) is 0 Å². The molecule has 4 N–H and O–H groups in total. The molecule has 10 amide bonds. The quantitative estimate of drug-likeness (QED) is 0.0974. The number of carbonyl (C=O) groups excluding carboxylic acids is 11. The van der Waals surface area contributed by atoms with Crippen molar-refractivity contribution in [2.75, 3.05) is 74.7 Å². The van der Waals surface area contributed by atoms with E-state index in [1.165, 1.54) is 61.8 Å². The topological polar surface area (TPSA) is 298 Å². The van der Waals surface area contributed by atoms with Gasteiger partial charge in [-0.25, -0.2) is 5.06 Å². The molecule has 17 atom stereocenters. The van der Waals surface area contributed by atoms with Crippen LogP contribution in [0, 0.1) is 35.5 Å². The third-order valence-electron chi connectivity index (χ3n) is 20.2. The molecular formula is C70H117N11O15. The second-order valence-electron chi connectivity index (χ2n) is 29.4. The van der Waals surface area contributed by atoms with Crippen LogP contribution in [0.4, 0.5) is 0 Å². The van der Waals surface area contributed by atoms with Crippen molar-refractivity contribution in [2.45, 2.75) is 246 Å². The SMILES string of the molecule is C=C1C(=O)N(C)C(CC(C)C)C(=O)N(C)C2CC(C)N1C(=O)C(C)NC(=O)C1CC(C)CC(C)C(NC(=O)C(C(C)OCCCCN3CCOCC3)CC(C)C(=O)C(C)N(C)C(=O)C(CC)NC(=O)C(CC(C)CC=CCC(C)(C)O)N3OC(C)C(C3=O)N(C)C2=O)C(=O)N1C. The minimum atomic E-state index is -1.41. The van der Waals surface area contributed by atoms with Gasteiger partial charge in [-0.1, -0.05) is 67.2 Å². The summed E-state index contributed by atoms with van der Waals surface area (Å²) < 4.78 is 11.9. The second kappa shape index (κ2) is 35.4. The van der Waals surface area contributed by atoms with E-state index in [9.17, 15) is 33.9 Å². The van der Waals surface area contributed by atoms with E-state index in [-0.39, 0.29) is 62.0 Å². The summed E-state index contributed by atoms with van der Waals surface area (Å²) >= 11 is 0. The number of aliphatic hydroxyl groups is 1. The fourth-order valence-electron chi connectivity index (χ4n) is 14.0. The van der Waals surface area contributed by atoms with Gasteiger partial charge in [0.1, 0.15) is 60.1 Å². The van der Waals surface area contributed by atoms with Gasteiger partial charge in [0.15, 0.2) is 5.78 Å². The Kier molecular flexibility index (Phi) is 29.6. The van der Waals surface area contributed by atoms with Crippen LogP contribution in [0.25, 0.3) is 0 Å². The molecule has 26 nitrogen and oxygen atoms in total. The van der Waals surface area contributed by atoms with Gasteiger partial charge in [0.05, 0.1) is 36.9 Å². The number of hydrogen-bond acceptors (Lipinski definition) is 16. The molecule has 5 fully saturated rings. The van der Waals surface area contributed by atoms with E-state index in [2.05, 4.69) is 27.4 Å². The van der Waals surface area contributed by atoms with E-state index in [1.54, 1.807) is 55.4 Å². The summed E-state index contributed by atoms with van der Waals surface area (Å²) in [5.74, 6) is -10.2. The summed E-state index contributed by atoms with van der Waals surface area (Å²) in [6.45, 7) is 32.2. The van der Waals surface area contributed by atoms with Crippen molar-refractivity contribution in [1.82, 2.24) is 55.3 Å². The van der Waals surface area contributed by atoms with Crippen molar-refractivity contribution in [3.8, 4) is 0 Å². The Balaban J connectivity index is 1.64. The Morgan fingerprint density at radius 2 is 1.30 bits per heavy atom. The standard InChI is InChI=1S/C70H117N11O15/c1-21-52-65(88)74(16)47(10)59(82)44(7)38-51(49(12)95-31-25-24-28-79-29-32-94-33-30-79)60(83)73-57-43(6)35-42(5)37-53(75(17)68(57)91)61(84)71-46(9)63(86)80-45(8)39-56(77(19)66(89)55(34-40(2)3)76(18)64(87)48(80)11)67(90)78(20)58-50(13)96-81(69(58)92)54(62(85)72-52)36-41(4)26-22-23-27-70(14,15)93/h22-23,40-47,49-58,93H,11,21,24-39H2,1-10,12-20H3,(H,71,84)(H,72,85)(H,73,83). The summed E-state index contributed by atoms with van der Waals surface area (Å²) in [6, 6.07) is -12.4. The van der Waals surface area contributed by atoms with Crippen LogP contribution in [0.3, 0.4) is 0 Å². The Bertz CT molecular complexity index is 2810. The number of fused-ring (bicyclic) bond motifs is 8. The molecule has 0 aromatic rings. The number of hydroxylamine groups is 2. The minimum absolute atomic E-state index is 0.00248. The number of allylic oxidation sites excluding steroid dienone is 1. The molecule has 5 saturated heterocycles. The first-order valence-electron chi connectivity index (χ1n) is 34.9. The average molecular weight is 1350 g/mol. The summed E-state index contributed by atoms with van der Waals surface area (Å²) in [7, 11) is 7.14. The molecule has 5 rings (SSSR count). The first kappa shape index (κ1) is 80.3. The lowest BCUT2D eigenvalue weighted by molar-refractivity contribution is -0.191. The molecule has 0 aromatic heterocycles. The number of hydrogen-bond donors (Lipinski definition) is 4. The minimum Gasteiger partial charge on any atom is -0.390 e. The number of morpholine rings is 1. The molecule has 96 heavy (non-hydrogen) atoms. The highest BCUT2D eigenvalue weighted by atomic mass is 16.7. The molecule has 5 aliphatic heterocycles. The number of unbranched alkanes of at least 4 members (excludes halogenated alkanes) is 1. The lowest BCUT2D eigenvalue weighted by atomic mass is 9.83. The molecule has 0 saturated carbocycles. The van der Waals surface area contributed by atoms with Crippen LogP contribution >= 0.6 is 0 Å². The van der Waals surface area contributed by atoms with Gasteiger partial charge in [-0.3, -0.25) is 62.5 Å². The average Bonchev–Trinajstić information content (AvgIpc) is 1.42. The Hall–Kier alpha value is -6.35. The number of likely N-dealkylation sites (N-methyl/N-ethyl adjacent to an activating group) is 5. The molecule has 0 aliphatic carbocycles. The van der Waals surface area contributed by atoms with Crippen LogP contribution in [-0.4, -0.2) is 262 Å². The van der Waals surface area contributed by atoms with E-state index < -0.39 is 161 Å². The van der Waals surface area contributed by atoms with Gasteiger partial charge in [-0.15, -0.1) is 0 Å². The molecule has 0 spiro atoms. The molecule has 17 unspecified atom stereocenters. The highest BCUT2D eigenvalue weighted by Crippen LogP contribution is 2.33. The van der Waals surface area contributed by atoms with Crippen molar-refractivity contribution < 1.29 is 72.2 Å². The van der Waals surface area contributed by atoms with Gasteiger partial charge in [0.25, 0.3) is 11.8 Å². The lowest BCUT2D eigenvalue weighted by Crippen LogP contribution is -2.62. The highest BCUT2D eigenvalue weighted by molar-refractivity contribution is 6.03. The fraction of sp³-hybridized carbons (Fsp3) is 0.786. The number of rotatable bonds is 16. The predicted octanol–water partition coefficient (Wildman–Crippen LogP) is 3.68. The van der Waals surface area contributed by atoms with Gasteiger partial charge < -0.3 is 59.9 Å². The number of nitrogens with zero attached hydrogens (tertiary/aromatic N) is 8. The zero-order chi connectivity index (χ0) is 72.1. The Labute approximate surface area is 570 Å². The predicted molar refractivity (Wildman–Crippen MR) is 361 cm³/mol. The van der Waals surface area contributed by atoms with E-state index in [1.807, 2.05) is 46.8 Å². The van der Waals surface area contributed by atoms with Crippen LogP contribution in [0.15, 0.2) is 24.4 Å². The van der Waals surface area contributed by atoms with E-state index in [4.69, 9.17) is 14.3 Å². The third kappa shape index (κ3) is 20.4. The summed E-state index contributed by atoms with van der Waals surface area (Å²) in [6.07, 6.45) is 4.51. The molecule has 0 aromatic carbocycles. The maximum atomic E-state index is 15.5. The summed E-state index contributed by atoms with van der Waals surface area (Å²) in [4.78, 5) is 181. The molecule has 0 radical (unpaired) electrons. The zero-order valence-electron chi connectivity index (χ0n) is 61.0. The van der Waals surface area contributed by atoms with Gasteiger partial charge in [-0.2, -0.15) is 0 Å². The van der Waals surface area contributed by atoms with Crippen LogP contribution in [0.2, 0.25) is 0 Å². The van der Waals surface area contributed by atoms with E-state index in [0.717, 1.165) is 40.9 Å². The van der Waals surface area contributed by atoms with Crippen molar-refractivity contribution >= 4 is 64.9 Å². The normalized spacial score (nSPS) is 31.9. The first-order valence-corrected chi connectivity index (χ1v) is 34.9. The van der Waals surface area contributed by atoms with Crippen LogP contribution < -0.4 is 16.0 Å². The van der Waals surface area contributed by atoms with Gasteiger partial charge in [0.2, 0.25) is 47.3 Å². The highest BCUT2D eigenvalue weighted by Gasteiger charge is 2.52. The van der Waals surface area contributed by atoms with Gasteiger partial charge >= 0.3 is 0 Å². The number of nitrogens with one attached hydrogen (secondary N) is 3. The lowest BCUT2D eigenvalue weighted by Gasteiger charge is -2.43. The molecular weight excluding hydrogens is 1230 g/mol. The largest absolute Gasteiger partial charge is 0.390 e. The van der Waals surface area contributed by atoms with Crippen molar-refractivity contribution in [3.05, 3.63) is 24.4 Å². The Morgan fingerprint density at radius 1 is 0.667 bits per heavy atom. The summed E-state index contributed by atoms with van der Waals surface area (Å²) in [5.41, 5.74) is -1.32. The second-order valence-corrected chi connectivity index (χ2v) is 29.4. The molecule has 5 heterocycles. The number of amides is 10. The van der Waals surface area contributed by atoms with Crippen LogP contribution in [-0.2, 0) is 67.1 Å². The third-order valence-corrected chi connectivity index (χ3v) is 20.2. The number of carbonyl (C=O) groups is 11. The number of ether oxygens (including phenoxy) is 2. The van der Waals surface area contributed by atoms with Crippen molar-refractivity contribution in [2.24, 2.45) is 35.5 Å². The summed E-state index contributed by atoms with van der Waals surface area (Å²) in [5, 5.41) is 20.1. The molecule has 26 heteroatoms. The zero-order valence-corrected chi connectivity index (χ0v) is 61.0. The molecule has 542 valence electrons. The molecule has 5 aliphatic rings. The molecule has 6 bridgehead atoms. The monoisotopic (exact) mass is 1350 g/mol. The maximum absolute atomic E-state index is 15.5. The van der Waals surface area contributed by atoms with E-state index in [0.29, 0.717) is 45.5 Å². The number of ketones is 1. The van der Waals surface area contributed by atoms with Gasteiger partial charge in [0, 0.05) is 66.9 Å². The maximum Gasteiger partial charge on any atom is 0.272 e. The van der Waals surface area contributed by atoms with Gasteiger partial charge in [-0.05, 0) is 149 Å². The van der Waals surface area contributed by atoms with Crippen molar-refractivity contribution in [1.29, 1.82) is 0 Å².